The summed E-state index contributed by atoms with van der Waals surface area (Å²) in [5.74, 6) is -0.0227. The fourth-order valence-corrected chi connectivity index (χ4v) is 3.12. The van der Waals surface area contributed by atoms with Gasteiger partial charge in [0.15, 0.2) is 5.03 Å². The summed E-state index contributed by atoms with van der Waals surface area (Å²) in [5.41, 5.74) is 5.53. The van der Waals surface area contributed by atoms with E-state index in [9.17, 15) is 8.42 Å². The first-order valence-corrected chi connectivity index (χ1v) is 7.50. The molecule has 1 aromatic rings. The highest BCUT2D eigenvalue weighted by Crippen LogP contribution is 2.10. The molecule has 0 aliphatic carbocycles. The van der Waals surface area contributed by atoms with Crippen molar-refractivity contribution in [3.8, 4) is 0 Å². The normalized spacial score (nSPS) is 13.8. The van der Waals surface area contributed by atoms with Gasteiger partial charge in [-0.2, -0.15) is 4.72 Å². The van der Waals surface area contributed by atoms with Crippen LogP contribution in [0, 0.1) is 5.92 Å². The SMILES string of the molecule is CCn1cnc(S(=O)(=O)NC(C(N)=S)C(C)C)c1. The Morgan fingerprint density at radius 1 is 1.61 bits per heavy atom. The van der Waals surface area contributed by atoms with E-state index in [1.807, 2.05) is 20.8 Å². The second-order valence-corrected chi connectivity index (χ2v) is 6.42. The van der Waals surface area contributed by atoms with Crippen molar-refractivity contribution in [1.29, 1.82) is 0 Å². The minimum absolute atomic E-state index is 0.0220. The van der Waals surface area contributed by atoms with Gasteiger partial charge in [0.25, 0.3) is 10.0 Å². The first kappa shape index (κ1) is 15.1. The first-order valence-electron chi connectivity index (χ1n) is 5.61. The molecule has 0 aliphatic rings. The zero-order valence-corrected chi connectivity index (χ0v) is 12.3. The third-order valence-corrected chi connectivity index (χ3v) is 4.08. The molecule has 0 aromatic carbocycles. The second kappa shape index (κ2) is 5.77. The molecule has 1 unspecified atom stereocenters. The molecule has 1 atom stereocenters. The summed E-state index contributed by atoms with van der Waals surface area (Å²) in [6.07, 6.45) is 2.94. The predicted octanol–water partition coefficient (Wildman–Crippen LogP) is 0.492. The number of thiocarbonyl (C=S) groups is 1. The standard InChI is InChI=1S/C10H18N4O2S2/c1-4-14-5-8(12-6-14)18(15,16)13-9(7(2)3)10(11)17/h5-7,9,13H,4H2,1-3H3,(H2,11,17). The van der Waals surface area contributed by atoms with E-state index < -0.39 is 16.1 Å². The molecule has 18 heavy (non-hydrogen) atoms. The van der Waals surface area contributed by atoms with Crippen LogP contribution in [0.15, 0.2) is 17.6 Å². The Hall–Kier alpha value is -0.990. The molecule has 0 bridgehead atoms. The Bertz CT molecular complexity index is 522. The van der Waals surface area contributed by atoms with Crippen LogP contribution in [-0.2, 0) is 16.6 Å². The molecule has 8 heteroatoms. The van der Waals surface area contributed by atoms with Gasteiger partial charge < -0.3 is 10.3 Å². The Kier molecular flexibility index (Phi) is 4.83. The van der Waals surface area contributed by atoms with Gasteiger partial charge in [0, 0.05) is 12.7 Å². The summed E-state index contributed by atoms with van der Waals surface area (Å²) in [6.45, 7) is 6.25. The number of imidazole rings is 1. The summed E-state index contributed by atoms with van der Waals surface area (Å²) < 4.78 is 28.3. The van der Waals surface area contributed by atoms with Gasteiger partial charge in [-0.25, -0.2) is 13.4 Å². The Labute approximate surface area is 113 Å². The van der Waals surface area contributed by atoms with Crippen LogP contribution in [0.5, 0.6) is 0 Å². The highest BCUT2D eigenvalue weighted by atomic mass is 32.2. The van der Waals surface area contributed by atoms with Gasteiger partial charge in [0.05, 0.1) is 17.4 Å². The van der Waals surface area contributed by atoms with Crippen LogP contribution in [-0.4, -0.2) is 29.0 Å². The molecule has 0 fully saturated rings. The maximum Gasteiger partial charge on any atom is 0.260 e. The van der Waals surface area contributed by atoms with Crippen LogP contribution in [0.2, 0.25) is 0 Å². The zero-order valence-electron chi connectivity index (χ0n) is 10.6. The molecule has 3 N–H and O–H groups in total. The molecule has 1 heterocycles. The summed E-state index contributed by atoms with van der Waals surface area (Å²) in [5, 5.41) is -0.0220. The van der Waals surface area contributed by atoms with Crippen LogP contribution in [0.25, 0.3) is 0 Å². The lowest BCUT2D eigenvalue weighted by atomic mass is 10.1. The maximum atomic E-state index is 12.1. The second-order valence-electron chi connectivity index (χ2n) is 4.29. The van der Waals surface area contributed by atoms with Crippen molar-refractivity contribution in [2.24, 2.45) is 11.7 Å². The number of nitrogens with zero attached hydrogens (tertiary/aromatic N) is 2. The minimum atomic E-state index is -3.69. The number of hydrogen-bond acceptors (Lipinski definition) is 4. The van der Waals surface area contributed by atoms with Crippen molar-refractivity contribution in [1.82, 2.24) is 14.3 Å². The number of hydrogen-bond donors (Lipinski definition) is 2. The average molecular weight is 290 g/mol. The predicted molar refractivity (Wildman–Crippen MR) is 73.6 cm³/mol. The molecule has 0 radical (unpaired) electrons. The molecule has 0 saturated carbocycles. The number of nitrogens with two attached hydrogens (primary N) is 1. The summed E-state index contributed by atoms with van der Waals surface area (Å²) in [4.78, 5) is 3.99. The number of aromatic nitrogens is 2. The molecule has 1 aromatic heterocycles. The van der Waals surface area contributed by atoms with Gasteiger partial charge in [-0.3, -0.25) is 0 Å². The number of rotatable bonds is 6. The van der Waals surface area contributed by atoms with Crippen molar-refractivity contribution < 1.29 is 8.42 Å². The molecular weight excluding hydrogens is 272 g/mol. The van der Waals surface area contributed by atoms with E-state index in [0.29, 0.717) is 6.54 Å². The number of aryl methyl sites for hydroxylation is 1. The Balaban J connectivity index is 2.96. The highest BCUT2D eigenvalue weighted by molar-refractivity contribution is 7.89. The fourth-order valence-electron chi connectivity index (χ4n) is 1.40. The quantitative estimate of drug-likeness (QED) is 0.744. The molecule has 0 spiro atoms. The lowest BCUT2D eigenvalue weighted by Crippen LogP contribution is -2.46. The molecule has 102 valence electrons. The van der Waals surface area contributed by atoms with Gasteiger partial charge >= 0.3 is 0 Å². The molecule has 1 rings (SSSR count). The summed E-state index contributed by atoms with van der Waals surface area (Å²) >= 11 is 4.86. The van der Waals surface area contributed by atoms with Gasteiger partial charge in [-0.15, -0.1) is 0 Å². The van der Waals surface area contributed by atoms with E-state index in [0.717, 1.165) is 0 Å². The highest BCUT2D eigenvalue weighted by Gasteiger charge is 2.25. The van der Waals surface area contributed by atoms with Crippen molar-refractivity contribution in [3.05, 3.63) is 12.5 Å². The van der Waals surface area contributed by atoms with Gasteiger partial charge in [0.2, 0.25) is 0 Å². The van der Waals surface area contributed by atoms with Crippen LogP contribution < -0.4 is 10.5 Å². The monoisotopic (exact) mass is 290 g/mol. The van der Waals surface area contributed by atoms with E-state index in [1.165, 1.54) is 12.5 Å². The summed E-state index contributed by atoms with van der Waals surface area (Å²) in [7, 11) is -3.69. The van der Waals surface area contributed by atoms with Crippen molar-refractivity contribution in [2.75, 3.05) is 0 Å². The maximum absolute atomic E-state index is 12.1. The number of nitrogens with one attached hydrogen (secondary N) is 1. The molecular formula is C10H18N4O2S2. The van der Waals surface area contributed by atoms with E-state index in [-0.39, 0.29) is 15.9 Å². The Morgan fingerprint density at radius 3 is 2.61 bits per heavy atom. The van der Waals surface area contributed by atoms with E-state index in [1.54, 1.807) is 4.57 Å². The van der Waals surface area contributed by atoms with Crippen molar-refractivity contribution >= 4 is 27.2 Å². The average Bonchev–Trinajstić information content (AvgIpc) is 2.74. The van der Waals surface area contributed by atoms with Crippen LogP contribution in [0.3, 0.4) is 0 Å². The lowest BCUT2D eigenvalue weighted by Gasteiger charge is -2.20. The Morgan fingerprint density at radius 2 is 2.22 bits per heavy atom. The van der Waals surface area contributed by atoms with Gasteiger partial charge in [-0.1, -0.05) is 26.1 Å². The van der Waals surface area contributed by atoms with Crippen LogP contribution in [0.4, 0.5) is 0 Å². The minimum Gasteiger partial charge on any atom is -0.392 e. The smallest absolute Gasteiger partial charge is 0.260 e. The van der Waals surface area contributed by atoms with Crippen LogP contribution in [0.1, 0.15) is 20.8 Å². The van der Waals surface area contributed by atoms with Gasteiger partial charge in [-0.05, 0) is 12.8 Å². The largest absolute Gasteiger partial charge is 0.392 e. The van der Waals surface area contributed by atoms with E-state index >= 15 is 0 Å². The van der Waals surface area contributed by atoms with E-state index in [2.05, 4.69) is 9.71 Å². The first-order chi connectivity index (χ1) is 8.27. The van der Waals surface area contributed by atoms with Crippen molar-refractivity contribution in [2.45, 2.75) is 38.4 Å². The summed E-state index contributed by atoms with van der Waals surface area (Å²) in [6, 6.07) is -0.572. The third-order valence-electron chi connectivity index (χ3n) is 2.51. The van der Waals surface area contributed by atoms with Crippen molar-refractivity contribution in [3.63, 3.8) is 0 Å². The topological polar surface area (TPSA) is 90.0 Å². The molecule has 0 saturated heterocycles. The zero-order chi connectivity index (χ0) is 13.9. The van der Waals surface area contributed by atoms with Gasteiger partial charge in [0.1, 0.15) is 0 Å². The van der Waals surface area contributed by atoms with Crippen LogP contribution >= 0.6 is 12.2 Å². The third kappa shape index (κ3) is 3.50. The lowest BCUT2D eigenvalue weighted by molar-refractivity contribution is 0.524. The molecule has 6 nitrogen and oxygen atoms in total. The number of sulfonamides is 1. The molecule has 0 aliphatic heterocycles. The van der Waals surface area contributed by atoms with E-state index in [4.69, 9.17) is 18.0 Å². The fraction of sp³-hybridized carbons (Fsp3) is 0.600. The molecule has 0 amide bonds.